The van der Waals surface area contributed by atoms with Crippen LogP contribution in [0.5, 0.6) is 17.2 Å². The van der Waals surface area contributed by atoms with Crippen LogP contribution in [0.3, 0.4) is 0 Å². The maximum absolute atomic E-state index is 12.6. The number of rotatable bonds is 5. The van der Waals surface area contributed by atoms with Crippen molar-refractivity contribution in [3.63, 3.8) is 0 Å². The highest BCUT2D eigenvalue weighted by Crippen LogP contribution is 2.31. The summed E-state index contributed by atoms with van der Waals surface area (Å²) in [7, 11) is 1.60. The van der Waals surface area contributed by atoms with E-state index in [1.807, 2.05) is 30.3 Å². The molecule has 0 radical (unpaired) electrons. The summed E-state index contributed by atoms with van der Waals surface area (Å²) in [5, 5.41) is 2.24. The normalized spacial score (nSPS) is 10.6. The van der Waals surface area contributed by atoms with Crippen molar-refractivity contribution in [2.75, 3.05) is 7.11 Å². The zero-order valence-electron chi connectivity index (χ0n) is 15.8. The molecular formula is C25H20O3. The van der Waals surface area contributed by atoms with E-state index >= 15 is 0 Å². The van der Waals surface area contributed by atoms with Crippen molar-refractivity contribution in [3.8, 4) is 17.2 Å². The molecule has 0 fully saturated rings. The van der Waals surface area contributed by atoms with Gasteiger partial charge in [-0.05, 0) is 72.5 Å². The van der Waals surface area contributed by atoms with Gasteiger partial charge in [-0.2, -0.15) is 0 Å². The third kappa shape index (κ3) is 3.47. The summed E-state index contributed by atoms with van der Waals surface area (Å²) < 4.78 is 11.2. The van der Waals surface area contributed by atoms with Crippen LogP contribution < -0.4 is 9.47 Å². The highest BCUT2D eigenvalue weighted by Gasteiger charge is 2.10. The van der Waals surface area contributed by atoms with Crippen molar-refractivity contribution in [2.45, 2.75) is 6.92 Å². The minimum atomic E-state index is -0.0324. The SMILES string of the molecule is COc1ccc(C(=O)c2ccc(Oc3cccc4c(C)cccc34)cc2)cc1. The highest BCUT2D eigenvalue weighted by molar-refractivity contribution is 6.09. The number of fused-ring (bicyclic) bond motifs is 1. The van der Waals surface area contributed by atoms with E-state index in [0.717, 1.165) is 16.9 Å². The lowest BCUT2D eigenvalue weighted by Gasteiger charge is -2.11. The summed E-state index contributed by atoms with van der Waals surface area (Å²) in [4.78, 5) is 12.6. The standard InChI is InChI=1S/C25H20O3/c1-17-5-3-7-23-22(17)6-4-8-24(23)28-21-15-11-19(12-16-21)25(26)18-9-13-20(27-2)14-10-18/h3-16H,1-2H3. The van der Waals surface area contributed by atoms with Gasteiger partial charge in [0.05, 0.1) is 7.11 Å². The topological polar surface area (TPSA) is 35.5 Å². The Kier molecular flexibility index (Phi) is 4.81. The van der Waals surface area contributed by atoms with Gasteiger partial charge in [0.25, 0.3) is 0 Å². The third-order valence-electron chi connectivity index (χ3n) is 4.80. The molecule has 0 amide bonds. The van der Waals surface area contributed by atoms with Crippen molar-refractivity contribution < 1.29 is 14.3 Å². The maximum Gasteiger partial charge on any atom is 0.193 e. The van der Waals surface area contributed by atoms with Crippen molar-refractivity contribution in [1.29, 1.82) is 0 Å². The number of carbonyl (C=O) groups excluding carboxylic acids is 1. The molecule has 0 aromatic heterocycles. The van der Waals surface area contributed by atoms with Crippen molar-refractivity contribution in [1.82, 2.24) is 0 Å². The molecule has 4 rings (SSSR count). The van der Waals surface area contributed by atoms with Gasteiger partial charge in [-0.15, -0.1) is 0 Å². The molecule has 28 heavy (non-hydrogen) atoms. The van der Waals surface area contributed by atoms with Crippen LogP contribution in [0.4, 0.5) is 0 Å². The van der Waals surface area contributed by atoms with Crippen LogP contribution in [0.25, 0.3) is 10.8 Å². The lowest BCUT2D eigenvalue weighted by Crippen LogP contribution is -2.01. The Labute approximate surface area is 164 Å². The smallest absolute Gasteiger partial charge is 0.193 e. The Morgan fingerprint density at radius 2 is 1.25 bits per heavy atom. The largest absolute Gasteiger partial charge is 0.497 e. The van der Waals surface area contributed by atoms with Gasteiger partial charge in [-0.3, -0.25) is 4.79 Å². The first kappa shape index (κ1) is 17.8. The number of aryl methyl sites for hydroxylation is 1. The molecule has 0 spiro atoms. The van der Waals surface area contributed by atoms with Crippen LogP contribution in [0.2, 0.25) is 0 Å². The lowest BCUT2D eigenvalue weighted by molar-refractivity contribution is 0.103. The molecule has 0 aliphatic heterocycles. The summed E-state index contributed by atoms with van der Waals surface area (Å²) in [6.45, 7) is 2.09. The van der Waals surface area contributed by atoms with Gasteiger partial charge in [-0.25, -0.2) is 0 Å². The fraction of sp³-hybridized carbons (Fsp3) is 0.0800. The molecule has 4 aromatic rings. The molecule has 0 saturated carbocycles. The van der Waals surface area contributed by atoms with E-state index in [9.17, 15) is 4.79 Å². The zero-order chi connectivity index (χ0) is 19.5. The fourth-order valence-corrected chi connectivity index (χ4v) is 3.24. The first-order valence-electron chi connectivity index (χ1n) is 9.11. The van der Waals surface area contributed by atoms with Gasteiger partial charge >= 0.3 is 0 Å². The van der Waals surface area contributed by atoms with E-state index < -0.39 is 0 Å². The van der Waals surface area contributed by atoms with E-state index in [1.165, 1.54) is 10.9 Å². The van der Waals surface area contributed by atoms with E-state index in [-0.39, 0.29) is 5.78 Å². The van der Waals surface area contributed by atoms with Crippen molar-refractivity contribution in [2.24, 2.45) is 0 Å². The van der Waals surface area contributed by atoms with Crippen molar-refractivity contribution in [3.05, 3.63) is 102 Å². The van der Waals surface area contributed by atoms with E-state index in [0.29, 0.717) is 16.9 Å². The van der Waals surface area contributed by atoms with Crippen LogP contribution >= 0.6 is 0 Å². The van der Waals surface area contributed by atoms with Crippen LogP contribution in [0.1, 0.15) is 21.5 Å². The average Bonchev–Trinajstić information content (AvgIpc) is 2.75. The minimum Gasteiger partial charge on any atom is -0.497 e. The van der Waals surface area contributed by atoms with Gasteiger partial charge in [0.1, 0.15) is 17.2 Å². The molecule has 3 nitrogen and oxygen atoms in total. The molecule has 138 valence electrons. The second-order valence-electron chi connectivity index (χ2n) is 6.61. The first-order chi connectivity index (χ1) is 13.7. The Bertz CT molecular complexity index is 1130. The molecule has 0 bridgehead atoms. The van der Waals surface area contributed by atoms with Gasteiger partial charge in [0, 0.05) is 16.5 Å². The Morgan fingerprint density at radius 3 is 1.89 bits per heavy atom. The number of ether oxygens (including phenoxy) is 2. The summed E-state index contributed by atoms with van der Waals surface area (Å²) in [5.74, 6) is 2.19. The van der Waals surface area contributed by atoms with Gasteiger partial charge in [0.2, 0.25) is 0 Å². The molecule has 0 N–H and O–H groups in total. The molecule has 0 aliphatic rings. The number of ketones is 1. The molecule has 0 heterocycles. The van der Waals surface area contributed by atoms with Crippen LogP contribution in [0, 0.1) is 6.92 Å². The Balaban J connectivity index is 1.57. The second-order valence-corrected chi connectivity index (χ2v) is 6.61. The quantitative estimate of drug-likeness (QED) is 0.395. The lowest BCUT2D eigenvalue weighted by atomic mass is 10.0. The molecule has 3 heteroatoms. The molecule has 4 aromatic carbocycles. The third-order valence-corrected chi connectivity index (χ3v) is 4.80. The monoisotopic (exact) mass is 368 g/mol. The molecule has 0 atom stereocenters. The van der Waals surface area contributed by atoms with E-state index in [1.54, 1.807) is 43.5 Å². The number of hydrogen-bond acceptors (Lipinski definition) is 3. The van der Waals surface area contributed by atoms with E-state index in [4.69, 9.17) is 9.47 Å². The second kappa shape index (κ2) is 7.57. The molecular weight excluding hydrogens is 348 g/mol. The summed E-state index contributed by atoms with van der Waals surface area (Å²) >= 11 is 0. The number of hydrogen-bond donors (Lipinski definition) is 0. The highest BCUT2D eigenvalue weighted by atomic mass is 16.5. The van der Waals surface area contributed by atoms with Crippen LogP contribution in [-0.2, 0) is 0 Å². The van der Waals surface area contributed by atoms with Crippen LogP contribution in [0.15, 0.2) is 84.9 Å². The van der Waals surface area contributed by atoms with Crippen LogP contribution in [-0.4, -0.2) is 12.9 Å². The van der Waals surface area contributed by atoms with Crippen molar-refractivity contribution >= 4 is 16.6 Å². The Morgan fingerprint density at radius 1 is 0.679 bits per heavy atom. The molecule has 0 aliphatic carbocycles. The number of benzene rings is 4. The number of methoxy groups -OCH3 is 1. The van der Waals surface area contributed by atoms with Gasteiger partial charge in [-0.1, -0.05) is 30.3 Å². The number of carbonyl (C=O) groups is 1. The van der Waals surface area contributed by atoms with Gasteiger partial charge in [0.15, 0.2) is 5.78 Å². The fourth-order valence-electron chi connectivity index (χ4n) is 3.24. The van der Waals surface area contributed by atoms with E-state index in [2.05, 4.69) is 25.1 Å². The average molecular weight is 368 g/mol. The first-order valence-corrected chi connectivity index (χ1v) is 9.11. The Hall–Kier alpha value is -3.59. The molecule has 0 unspecified atom stereocenters. The summed E-state index contributed by atoms with van der Waals surface area (Å²) in [6.07, 6.45) is 0. The van der Waals surface area contributed by atoms with Gasteiger partial charge < -0.3 is 9.47 Å². The predicted octanol–water partition coefficient (Wildman–Crippen LogP) is 6.18. The molecule has 0 saturated heterocycles. The minimum absolute atomic E-state index is 0.0324. The summed E-state index contributed by atoms with van der Waals surface area (Å²) in [6, 6.07) is 26.5. The predicted molar refractivity (Wildman–Crippen MR) is 112 cm³/mol. The summed E-state index contributed by atoms with van der Waals surface area (Å²) in [5.41, 5.74) is 2.45. The zero-order valence-corrected chi connectivity index (χ0v) is 15.8. The maximum atomic E-state index is 12.6.